The van der Waals surface area contributed by atoms with E-state index in [9.17, 15) is 9.18 Å². The summed E-state index contributed by atoms with van der Waals surface area (Å²) in [6.07, 6.45) is 3.45. The van der Waals surface area contributed by atoms with Gasteiger partial charge >= 0.3 is 0 Å². The summed E-state index contributed by atoms with van der Waals surface area (Å²) < 4.78 is 22.7. The maximum atomic E-state index is 13.4. The number of ether oxygens (including phenoxy) is 1. The second-order valence-corrected chi connectivity index (χ2v) is 8.14. The molecule has 0 aliphatic carbocycles. The van der Waals surface area contributed by atoms with Crippen molar-refractivity contribution in [1.82, 2.24) is 19.2 Å². The molecule has 1 fully saturated rings. The molecule has 1 atom stereocenters. The number of pyridine rings is 1. The molecule has 5 rings (SSSR count). The van der Waals surface area contributed by atoms with Crippen LogP contribution in [0, 0.1) is 0 Å². The van der Waals surface area contributed by atoms with E-state index in [1.54, 1.807) is 16.8 Å². The van der Waals surface area contributed by atoms with E-state index in [1.165, 1.54) is 6.07 Å². The molecular weight excluding hydrogens is 407 g/mol. The Morgan fingerprint density at radius 1 is 1.06 bits per heavy atom. The summed E-state index contributed by atoms with van der Waals surface area (Å²) in [6.45, 7) is 3.22. The minimum absolute atomic E-state index is 0.155. The van der Waals surface area contributed by atoms with Crippen molar-refractivity contribution >= 4 is 10.9 Å². The standard InChI is InChI=1S/C25H25FN4O2/c26-21-8-10-28(17-21)12-13-30-24-7-6-22(14-20(24)16-27-30)29-11-9-23(15-25(29)31)32-18-19-4-2-1-3-5-19/h1-7,9,11,14-16,21H,8,10,12-13,17-18H2/t21-/m1/s1. The number of fused-ring (bicyclic) bond motifs is 1. The maximum absolute atomic E-state index is 13.4. The van der Waals surface area contributed by atoms with Crippen molar-refractivity contribution in [3.63, 3.8) is 0 Å². The molecule has 3 heterocycles. The zero-order valence-corrected chi connectivity index (χ0v) is 17.7. The van der Waals surface area contributed by atoms with Crippen LogP contribution in [0.3, 0.4) is 0 Å². The summed E-state index contributed by atoms with van der Waals surface area (Å²) in [6, 6.07) is 19.0. The SMILES string of the molecule is O=c1cc(OCc2ccccc2)ccn1-c1ccc2c(cnn2CCN2CC[C@@H](F)C2)c1. The lowest BCUT2D eigenvalue weighted by molar-refractivity contribution is 0.277. The summed E-state index contributed by atoms with van der Waals surface area (Å²) in [7, 11) is 0. The smallest absolute Gasteiger partial charge is 0.258 e. The number of benzene rings is 2. The van der Waals surface area contributed by atoms with Crippen molar-refractivity contribution in [2.24, 2.45) is 0 Å². The molecule has 7 heteroatoms. The van der Waals surface area contributed by atoms with Gasteiger partial charge in [-0.3, -0.25) is 18.9 Å². The van der Waals surface area contributed by atoms with Crippen LogP contribution in [0.1, 0.15) is 12.0 Å². The first-order valence-electron chi connectivity index (χ1n) is 10.9. The van der Waals surface area contributed by atoms with Gasteiger partial charge in [0.25, 0.3) is 5.56 Å². The third kappa shape index (κ3) is 4.43. The lowest BCUT2D eigenvalue weighted by atomic mass is 10.2. The molecule has 0 spiro atoms. The van der Waals surface area contributed by atoms with E-state index in [-0.39, 0.29) is 5.56 Å². The van der Waals surface area contributed by atoms with E-state index < -0.39 is 6.17 Å². The van der Waals surface area contributed by atoms with E-state index in [2.05, 4.69) is 10.00 Å². The van der Waals surface area contributed by atoms with Gasteiger partial charge in [-0.1, -0.05) is 30.3 Å². The van der Waals surface area contributed by atoms with Crippen LogP contribution >= 0.6 is 0 Å². The topological polar surface area (TPSA) is 52.3 Å². The Labute approximate surface area is 185 Å². The molecule has 2 aromatic heterocycles. The van der Waals surface area contributed by atoms with E-state index in [0.717, 1.165) is 35.2 Å². The normalized spacial score (nSPS) is 16.6. The van der Waals surface area contributed by atoms with Gasteiger partial charge in [0, 0.05) is 43.0 Å². The number of likely N-dealkylation sites (tertiary alicyclic amines) is 1. The first kappa shape index (κ1) is 20.5. The average molecular weight is 432 g/mol. The van der Waals surface area contributed by atoms with Crippen molar-refractivity contribution in [2.45, 2.75) is 25.7 Å². The Bertz CT molecular complexity index is 1270. The highest BCUT2D eigenvalue weighted by atomic mass is 19.1. The quantitative estimate of drug-likeness (QED) is 0.446. The molecule has 6 nitrogen and oxygen atoms in total. The van der Waals surface area contributed by atoms with Crippen molar-refractivity contribution in [1.29, 1.82) is 0 Å². The highest BCUT2D eigenvalue weighted by Gasteiger charge is 2.21. The lowest BCUT2D eigenvalue weighted by Crippen LogP contribution is -2.25. The molecule has 1 aliphatic rings. The number of aromatic nitrogens is 3. The second-order valence-electron chi connectivity index (χ2n) is 8.14. The summed E-state index contributed by atoms with van der Waals surface area (Å²) >= 11 is 0. The van der Waals surface area contributed by atoms with E-state index in [0.29, 0.717) is 31.9 Å². The number of nitrogens with zero attached hydrogens (tertiary/aromatic N) is 4. The number of rotatable bonds is 7. The summed E-state index contributed by atoms with van der Waals surface area (Å²) in [5, 5.41) is 5.45. The van der Waals surface area contributed by atoms with Gasteiger partial charge in [-0.15, -0.1) is 0 Å². The van der Waals surface area contributed by atoms with Crippen LogP contribution in [0.5, 0.6) is 5.75 Å². The van der Waals surface area contributed by atoms with Gasteiger partial charge in [0.1, 0.15) is 18.5 Å². The van der Waals surface area contributed by atoms with Crippen LogP contribution in [-0.4, -0.2) is 45.1 Å². The summed E-state index contributed by atoms with van der Waals surface area (Å²) in [4.78, 5) is 14.8. The minimum Gasteiger partial charge on any atom is -0.489 e. The molecule has 2 aromatic carbocycles. The number of halogens is 1. The first-order valence-corrected chi connectivity index (χ1v) is 10.9. The van der Waals surface area contributed by atoms with Gasteiger partial charge in [0.05, 0.1) is 18.3 Å². The zero-order chi connectivity index (χ0) is 21.9. The fraction of sp³-hybridized carbons (Fsp3) is 0.280. The summed E-state index contributed by atoms with van der Waals surface area (Å²) in [5.41, 5.74) is 2.67. The van der Waals surface area contributed by atoms with Crippen molar-refractivity contribution in [2.75, 3.05) is 19.6 Å². The van der Waals surface area contributed by atoms with Gasteiger partial charge in [-0.05, 0) is 36.2 Å². The molecule has 0 saturated carbocycles. The molecule has 0 unspecified atom stereocenters. The molecule has 1 aliphatic heterocycles. The maximum Gasteiger partial charge on any atom is 0.258 e. The number of hydrogen-bond acceptors (Lipinski definition) is 4. The van der Waals surface area contributed by atoms with E-state index >= 15 is 0 Å². The van der Waals surface area contributed by atoms with Gasteiger partial charge in [0.2, 0.25) is 0 Å². The highest BCUT2D eigenvalue weighted by molar-refractivity contribution is 5.80. The van der Waals surface area contributed by atoms with E-state index in [1.807, 2.05) is 59.4 Å². The molecule has 164 valence electrons. The van der Waals surface area contributed by atoms with Crippen LogP contribution < -0.4 is 10.3 Å². The molecule has 0 radical (unpaired) electrons. The largest absolute Gasteiger partial charge is 0.489 e. The highest BCUT2D eigenvalue weighted by Crippen LogP contribution is 2.19. The van der Waals surface area contributed by atoms with Crippen LogP contribution in [0.25, 0.3) is 16.6 Å². The van der Waals surface area contributed by atoms with Crippen LogP contribution in [0.15, 0.2) is 77.9 Å². The Morgan fingerprint density at radius 3 is 2.72 bits per heavy atom. The molecule has 32 heavy (non-hydrogen) atoms. The Balaban J connectivity index is 1.29. The van der Waals surface area contributed by atoms with Gasteiger partial charge < -0.3 is 4.74 Å². The molecule has 1 saturated heterocycles. The second kappa shape index (κ2) is 8.96. The molecule has 0 N–H and O–H groups in total. The molecule has 0 amide bonds. The number of alkyl halides is 1. The fourth-order valence-corrected chi connectivity index (χ4v) is 4.13. The Kier molecular flexibility index (Phi) is 5.73. The predicted molar refractivity (Wildman–Crippen MR) is 122 cm³/mol. The van der Waals surface area contributed by atoms with E-state index in [4.69, 9.17) is 4.74 Å². The zero-order valence-electron chi connectivity index (χ0n) is 17.7. The first-order chi connectivity index (χ1) is 15.7. The minimum atomic E-state index is -0.708. The van der Waals surface area contributed by atoms with Crippen molar-refractivity contribution in [3.05, 3.63) is 89.0 Å². The number of hydrogen-bond donors (Lipinski definition) is 0. The molecular formula is C25H25FN4O2. The Hall–Kier alpha value is -3.45. The monoisotopic (exact) mass is 432 g/mol. The van der Waals surface area contributed by atoms with Crippen LogP contribution in [-0.2, 0) is 13.2 Å². The third-order valence-corrected chi connectivity index (χ3v) is 5.89. The predicted octanol–water partition coefficient (Wildman–Crippen LogP) is 3.81. The summed E-state index contributed by atoms with van der Waals surface area (Å²) in [5.74, 6) is 0.543. The molecule has 0 bridgehead atoms. The fourth-order valence-electron chi connectivity index (χ4n) is 4.13. The van der Waals surface area contributed by atoms with Gasteiger partial charge in [-0.25, -0.2) is 4.39 Å². The van der Waals surface area contributed by atoms with Gasteiger partial charge in [0.15, 0.2) is 0 Å². The average Bonchev–Trinajstić information content (AvgIpc) is 3.42. The van der Waals surface area contributed by atoms with Crippen molar-refractivity contribution in [3.8, 4) is 11.4 Å². The van der Waals surface area contributed by atoms with Gasteiger partial charge in [-0.2, -0.15) is 5.10 Å². The third-order valence-electron chi connectivity index (χ3n) is 5.89. The van der Waals surface area contributed by atoms with Crippen LogP contribution in [0.2, 0.25) is 0 Å². The molecule has 4 aromatic rings. The lowest BCUT2D eigenvalue weighted by Gasteiger charge is -2.14. The van der Waals surface area contributed by atoms with Crippen LogP contribution in [0.4, 0.5) is 4.39 Å². The Morgan fingerprint density at radius 2 is 1.94 bits per heavy atom. The van der Waals surface area contributed by atoms with Crippen molar-refractivity contribution < 1.29 is 9.13 Å².